The summed E-state index contributed by atoms with van der Waals surface area (Å²) in [4.78, 5) is 15.5. The zero-order chi connectivity index (χ0) is 20.3. The number of para-hydroxylation sites is 1. The second-order valence-corrected chi connectivity index (χ2v) is 8.85. The Kier molecular flexibility index (Phi) is 5.74. The Morgan fingerprint density at radius 1 is 1.11 bits per heavy atom. The SMILES string of the molecule is Cc1cccc(N(CCNC(=O)Cc2c[nH]c3ccccc23)S(C)(=O)=O)c1C. The first-order valence-corrected chi connectivity index (χ1v) is 11.0. The number of nitrogens with one attached hydrogen (secondary N) is 2. The van der Waals surface area contributed by atoms with Crippen LogP contribution in [0.25, 0.3) is 10.9 Å². The molecule has 2 aromatic carbocycles. The number of sulfonamides is 1. The number of aromatic nitrogens is 1. The zero-order valence-corrected chi connectivity index (χ0v) is 17.1. The minimum absolute atomic E-state index is 0.140. The number of carbonyl (C=O) groups is 1. The van der Waals surface area contributed by atoms with E-state index in [2.05, 4.69) is 10.3 Å². The number of aromatic amines is 1. The minimum atomic E-state index is -3.46. The second kappa shape index (κ2) is 8.06. The first kappa shape index (κ1) is 19.9. The summed E-state index contributed by atoms with van der Waals surface area (Å²) in [6, 6.07) is 13.4. The lowest BCUT2D eigenvalue weighted by molar-refractivity contribution is -0.120. The summed E-state index contributed by atoms with van der Waals surface area (Å²) in [6.45, 7) is 4.27. The maximum atomic E-state index is 12.3. The van der Waals surface area contributed by atoms with Crippen molar-refractivity contribution in [2.75, 3.05) is 23.7 Å². The van der Waals surface area contributed by atoms with Gasteiger partial charge in [-0.05, 0) is 42.7 Å². The molecule has 0 aliphatic heterocycles. The van der Waals surface area contributed by atoms with Gasteiger partial charge in [0.2, 0.25) is 15.9 Å². The highest BCUT2D eigenvalue weighted by Crippen LogP contribution is 2.24. The molecule has 28 heavy (non-hydrogen) atoms. The lowest BCUT2D eigenvalue weighted by Gasteiger charge is -2.25. The van der Waals surface area contributed by atoms with Crippen molar-refractivity contribution < 1.29 is 13.2 Å². The smallest absolute Gasteiger partial charge is 0.232 e. The van der Waals surface area contributed by atoms with Gasteiger partial charge in [-0.1, -0.05) is 30.3 Å². The summed E-state index contributed by atoms with van der Waals surface area (Å²) in [5.41, 5.74) is 4.49. The van der Waals surface area contributed by atoms with E-state index in [1.807, 2.05) is 56.4 Å². The van der Waals surface area contributed by atoms with Crippen LogP contribution in [-0.4, -0.2) is 38.7 Å². The summed E-state index contributed by atoms with van der Waals surface area (Å²) in [6.07, 6.45) is 3.26. The van der Waals surface area contributed by atoms with Gasteiger partial charge in [-0.3, -0.25) is 9.10 Å². The highest BCUT2D eigenvalue weighted by atomic mass is 32.2. The standard InChI is InChI=1S/C21H25N3O3S/c1-15-7-6-10-20(16(15)2)24(28(3,26)27)12-11-22-21(25)13-17-14-23-19-9-5-4-8-18(17)19/h4-10,14,23H,11-13H2,1-3H3,(H,22,25). The van der Waals surface area contributed by atoms with Crippen molar-refractivity contribution in [2.24, 2.45) is 0 Å². The summed E-state index contributed by atoms with van der Waals surface area (Å²) in [5, 5.41) is 3.85. The van der Waals surface area contributed by atoms with Gasteiger partial charge in [0.15, 0.2) is 0 Å². The Morgan fingerprint density at radius 2 is 1.86 bits per heavy atom. The first-order valence-electron chi connectivity index (χ1n) is 9.13. The molecule has 2 N–H and O–H groups in total. The van der Waals surface area contributed by atoms with Crippen molar-refractivity contribution in [3.63, 3.8) is 0 Å². The van der Waals surface area contributed by atoms with Crippen molar-refractivity contribution >= 4 is 32.5 Å². The van der Waals surface area contributed by atoms with Gasteiger partial charge in [-0.2, -0.15) is 0 Å². The summed E-state index contributed by atoms with van der Waals surface area (Å²) < 4.78 is 25.9. The van der Waals surface area contributed by atoms with E-state index < -0.39 is 10.0 Å². The molecule has 148 valence electrons. The maximum Gasteiger partial charge on any atom is 0.232 e. The molecule has 0 radical (unpaired) electrons. The topological polar surface area (TPSA) is 82.3 Å². The largest absolute Gasteiger partial charge is 0.361 e. The number of aryl methyl sites for hydroxylation is 1. The third-order valence-corrected chi connectivity index (χ3v) is 6.09. The predicted octanol–water partition coefficient (Wildman–Crippen LogP) is 2.91. The van der Waals surface area contributed by atoms with Gasteiger partial charge < -0.3 is 10.3 Å². The van der Waals surface area contributed by atoms with E-state index in [9.17, 15) is 13.2 Å². The average molecular weight is 400 g/mol. The highest BCUT2D eigenvalue weighted by molar-refractivity contribution is 7.92. The molecule has 0 bridgehead atoms. The van der Waals surface area contributed by atoms with Crippen molar-refractivity contribution in [2.45, 2.75) is 20.3 Å². The van der Waals surface area contributed by atoms with Gasteiger partial charge >= 0.3 is 0 Å². The molecule has 0 spiro atoms. The maximum absolute atomic E-state index is 12.3. The van der Waals surface area contributed by atoms with Crippen LogP contribution in [0.3, 0.4) is 0 Å². The molecule has 0 unspecified atom stereocenters. The van der Waals surface area contributed by atoms with Gasteiger partial charge in [0.05, 0.1) is 24.9 Å². The fourth-order valence-corrected chi connectivity index (χ4v) is 4.26. The Morgan fingerprint density at radius 3 is 2.61 bits per heavy atom. The van der Waals surface area contributed by atoms with Gasteiger partial charge in [-0.25, -0.2) is 8.42 Å². The van der Waals surface area contributed by atoms with Crippen molar-refractivity contribution in [3.8, 4) is 0 Å². The number of rotatable bonds is 7. The van der Waals surface area contributed by atoms with Crippen molar-refractivity contribution in [1.82, 2.24) is 10.3 Å². The van der Waals surface area contributed by atoms with E-state index >= 15 is 0 Å². The Balaban J connectivity index is 1.66. The van der Waals surface area contributed by atoms with Crippen LogP contribution in [0.5, 0.6) is 0 Å². The lowest BCUT2D eigenvalue weighted by atomic mass is 10.1. The molecule has 1 heterocycles. The molecule has 0 aliphatic rings. The third kappa shape index (κ3) is 4.36. The van der Waals surface area contributed by atoms with Crippen LogP contribution >= 0.6 is 0 Å². The van der Waals surface area contributed by atoms with Crippen molar-refractivity contribution in [3.05, 3.63) is 65.4 Å². The molecule has 0 atom stereocenters. The Labute approximate surface area is 165 Å². The van der Waals surface area contributed by atoms with Crippen LogP contribution < -0.4 is 9.62 Å². The molecule has 3 rings (SSSR count). The van der Waals surface area contributed by atoms with Crippen LogP contribution in [0.2, 0.25) is 0 Å². The molecule has 0 fully saturated rings. The number of fused-ring (bicyclic) bond motifs is 1. The highest BCUT2D eigenvalue weighted by Gasteiger charge is 2.20. The number of benzene rings is 2. The van der Waals surface area contributed by atoms with Crippen molar-refractivity contribution in [1.29, 1.82) is 0 Å². The summed E-state index contributed by atoms with van der Waals surface area (Å²) in [5.74, 6) is -0.140. The molecule has 7 heteroatoms. The molecule has 6 nitrogen and oxygen atoms in total. The van der Waals surface area contributed by atoms with Crippen LogP contribution in [0.1, 0.15) is 16.7 Å². The minimum Gasteiger partial charge on any atom is -0.361 e. The number of anilines is 1. The number of H-pyrrole nitrogens is 1. The first-order chi connectivity index (χ1) is 13.3. The van der Waals surface area contributed by atoms with Gasteiger partial charge in [0.25, 0.3) is 0 Å². The number of carbonyl (C=O) groups excluding carboxylic acids is 1. The second-order valence-electron chi connectivity index (χ2n) is 6.94. The number of hydrogen-bond acceptors (Lipinski definition) is 3. The molecule has 0 aliphatic carbocycles. The fraction of sp³-hybridized carbons (Fsp3) is 0.286. The Bertz CT molecular complexity index is 1100. The molecule has 1 amide bonds. The Hall–Kier alpha value is -2.80. The summed E-state index contributed by atoms with van der Waals surface area (Å²) >= 11 is 0. The molecular weight excluding hydrogens is 374 g/mol. The van der Waals surface area contributed by atoms with E-state index in [4.69, 9.17) is 0 Å². The van der Waals surface area contributed by atoms with E-state index in [1.54, 1.807) is 6.07 Å². The molecule has 0 saturated carbocycles. The third-order valence-electron chi connectivity index (χ3n) is 4.91. The van der Waals surface area contributed by atoms with Crippen LogP contribution in [-0.2, 0) is 21.2 Å². The molecule has 3 aromatic rings. The van der Waals surface area contributed by atoms with Gasteiger partial charge in [-0.15, -0.1) is 0 Å². The normalized spacial score (nSPS) is 11.5. The summed E-state index contributed by atoms with van der Waals surface area (Å²) in [7, 11) is -3.46. The quantitative estimate of drug-likeness (QED) is 0.641. The van der Waals surface area contributed by atoms with E-state index in [1.165, 1.54) is 10.6 Å². The van der Waals surface area contributed by atoms with Crippen LogP contribution in [0.4, 0.5) is 5.69 Å². The van der Waals surface area contributed by atoms with Crippen LogP contribution in [0.15, 0.2) is 48.7 Å². The fourth-order valence-electron chi connectivity index (χ4n) is 3.28. The molecule has 1 aromatic heterocycles. The molecule has 0 saturated heterocycles. The predicted molar refractivity (Wildman–Crippen MR) is 113 cm³/mol. The monoisotopic (exact) mass is 399 g/mol. The molecular formula is C21H25N3O3S. The number of amides is 1. The van der Waals surface area contributed by atoms with Gasteiger partial charge in [0.1, 0.15) is 0 Å². The van der Waals surface area contributed by atoms with E-state index in [0.717, 1.165) is 27.6 Å². The zero-order valence-electron chi connectivity index (χ0n) is 16.3. The van der Waals surface area contributed by atoms with Crippen LogP contribution in [0, 0.1) is 13.8 Å². The van der Waals surface area contributed by atoms with Gasteiger partial charge in [0, 0.05) is 23.6 Å². The number of nitrogens with zero attached hydrogens (tertiary/aromatic N) is 1. The van der Waals surface area contributed by atoms with E-state index in [0.29, 0.717) is 5.69 Å². The van der Waals surface area contributed by atoms with E-state index in [-0.39, 0.29) is 25.4 Å². The lowest BCUT2D eigenvalue weighted by Crippen LogP contribution is -2.39. The number of hydrogen-bond donors (Lipinski definition) is 2. The average Bonchev–Trinajstić information content (AvgIpc) is 3.04.